The molecule has 4 nitrogen and oxygen atoms in total. The fourth-order valence-electron chi connectivity index (χ4n) is 2.62. The van der Waals surface area contributed by atoms with Crippen LogP contribution in [0.1, 0.15) is 41.3 Å². The van der Waals surface area contributed by atoms with Crippen LogP contribution in [0, 0.1) is 0 Å². The van der Waals surface area contributed by atoms with Gasteiger partial charge in [0.2, 0.25) is 0 Å². The number of carbonyl (C=O) groups excluding carboxylic acids is 1. The van der Waals surface area contributed by atoms with Crippen molar-refractivity contribution in [2.75, 3.05) is 4.90 Å². The Labute approximate surface area is 123 Å². The van der Waals surface area contributed by atoms with Gasteiger partial charge in [0.15, 0.2) is 11.5 Å². The van der Waals surface area contributed by atoms with Crippen molar-refractivity contribution in [1.29, 1.82) is 0 Å². The molecular weight excluding hydrogens is 266 g/mol. The van der Waals surface area contributed by atoms with E-state index in [4.69, 9.17) is 0 Å². The van der Waals surface area contributed by atoms with Gasteiger partial charge in [-0.25, -0.2) is 0 Å². The number of rotatable bonds is 2. The van der Waals surface area contributed by atoms with Crippen molar-refractivity contribution >= 4 is 11.6 Å². The Hall–Kier alpha value is -2.49. The summed E-state index contributed by atoms with van der Waals surface area (Å²) in [6.07, 6.45) is 0. The maximum absolute atomic E-state index is 12.4. The molecular formula is C17H17NO3. The topological polar surface area (TPSA) is 60.8 Å². The molecule has 2 N–H and O–H groups in total. The number of hydrogen-bond acceptors (Lipinski definition) is 3. The van der Waals surface area contributed by atoms with E-state index in [-0.39, 0.29) is 23.0 Å². The molecule has 0 saturated carbocycles. The zero-order valence-electron chi connectivity index (χ0n) is 12.0. The zero-order chi connectivity index (χ0) is 15.1. The van der Waals surface area contributed by atoms with Gasteiger partial charge in [0.25, 0.3) is 5.91 Å². The van der Waals surface area contributed by atoms with Crippen LogP contribution in [0.15, 0.2) is 36.4 Å². The molecule has 0 unspecified atom stereocenters. The van der Waals surface area contributed by atoms with Gasteiger partial charge in [-0.2, -0.15) is 0 Å². The van der Waals surface area contributed by atoms with Gasteiger partial charge >= 0.3 is 0 Å². The predicted molar refractivity (Wildman–Crippen MR) is 80.8 cm³/mol. The van der Waals surface area contributed by atoms with Gasteiger partial charge < -0.3 is 15.1 Å². The number of carbonyl (C=O) groups is 1. The van der Waals surface area contributed by atoms with Crippen LogP contribution < -0.4 is 4.90 Å². The molecule has 1 amide bonds. The van der Waals surface area contributed by atoms with E-state index >= 15 is 0 Å². The Morgan fingerprint density at radius 2 is 1.71 bits per heavy atom. The molecule has 0 aliphatic carbocycles. The third-order valence-electron chi connectivity index (χ3n) is 3.90. The van der Waals surface area contributed by atoms with Crippen LogP contribution in [-0.4, -0.2) is 16.1 Å². The quantitative estimate of drug-likeness (QED) is 0.831. The summed E-state index contributed by atoms with van der Waals surface area (Å²) in [6.45, 7) is 4.64. The lowest BCUT2D eigenvalue weighted by molar-refractivity contribution is 0.0994. The molecule has 0 spiro atoms. The van der Waals surface area contributed by atoms with Crippen molar-refractivity contribution in [3.63, 3.8) is 0 Å². The monoisotopic (exact) mass is 283 g/mol. The van der Waals surface area contributed by atoms with Crippen LogP contribution in [0.2, 0.25) is 0 Å². The van der Waals surface area contributed by atoms with Gasteiger partial charge in [0, 0.05) is 5.69 Å². The van der Waals surface area contributed by atoms with E-state index in [0.717, 1.165) is 11.3 Å². The van der Waals surface area contributed by atoms with Crippen molar-refractivity contribution in [3.05, 3.63) is 53.1 Å². The summed E-state index contributed by atoms with van der Waals surface area (Å²) in [5.74, 6) is -0.444. The van der Waals surface area contributed by atoms with Gasteiger partial charge in [-0.3, -0.25) is 4.79 Å². The first-order valence-corrected chi connectivity index (χ1v) is 6.94. The smallest absolute Gasteiger partial charge is 0.262 e. The third-order valence-corrected chi connectivity index (χ3v) is 3.90. The lowest BCUT2D eigenvalue weighted by Gasteiger charge is -2.16. The fourth-order valence-corrected chi connectivity index (χ4v) is 2.62. The molecule has 1 heterocycles. The van der Waals surface area contributed by atoms with Crippen LogP contribution in [0.4, 0.5) is 5.69 Å². The molecule has 1 aliphatic heterocycles. The Morgan fingerprint density at radius 3 is 2.33 bits per heavy atom. The molecule has 3 rings (SSSR count). The number of aromatic hydroxyl groups is 2. The Bertz CT molecular complexity index is 705. The van der Waals surface area contributed by atoms with E-state index in [1.54, 1.807) is 11.0 Å². The first-order chi connectivity index (χ1) is 9.99. The number of nitrogens with zero attached hydrogens (tertiary/aromatic N) is 1. The minimum Gasteiger partial charge on any atom is -0.504 e. The Morgan fingerprint density at radius 1 is 1.05 bits per heavy atom. The summed E-state index contributed by atoms with van der Waals surface area (Å²) in [6, 6.07) is 10.9. The second-order valence-corrected chi connectivity index (χ2v) is 5.60. The molecule has 0 saturated heterocycles. The average Bonchev–Trinajstić information content (AvgIpc) is 2.81. The van der Waals surface area contributed by atoms with E-state index in [1.807, 2.05) is 24.3 Å². The number of fused-ring (bicyclic) bond motifs is 1. The molecule has 108 valence electrons. The molecule has 0 aromatic heterocycles. The zero-order valence-corrected chi connectivity index (χ0v) is 12.0. The highest BCUT2D eigenvalue weighted by Gasteiger charge is 2.32. The van der Waals surface area contributed by atoms with Crippen LogP contribution >= 0.6 is 0 Å². The van der Waals surface area contributed by atoms with Crippen molar-refractivity contribution in [1.82, 2.24) is 0 Å². The lowest BCUT2D eigenvalue weighted by Crippen LogP contribution is -2.22. The van der Waals surface area contributed by atoms with Gasteiger partial charge in [0.05, 0.1) is 12.1 Å². The molecule has 21 heavy (non-hydrogen) atoms. The van der Waals surface area contributed by atoms with Crippen LogP contribution in [0.5, 0.6) is 11.5 Å². The highest BCUT2D eigenvalue weighted by atomic mass is 16.3. The molecule has 2 aromatic rings. The molecule has 0 bridgehead atoms. The third kappa shape index (κ3) is 2.13. The van der Waals surface area contributed by atoms with Gasteiger partial charge in [-0.05, 0) is 35.2 Å². The number of phenols is 2. The summed E-state index contributed by atoms with van der Waals surface area (Å²) < 4.78 is 0. The molecule has 4 heteroatoms. The minimum atomic E-state index is -0.334. The summed E-state index contributed by atoms with van der Waals surface area (Å²) >= 11 is 0. The Kier molecular flexibility index (Phi) is 3.09. The van der Waals surface area contributed by atoms with Crippen LogP contribution in [0.25, 0.3) is 0 Å². The maximum Gasteiger partial charge on any atom is 0.262 e. The largest absolute Gasteiger partial charge is 0.504 e. The van der Waals surface area contributed by atoms with E-state index in [0.29, 0.717) is 12.5 Å². The summed E-state index contributed by atoms with van der Waals surface area (Å²) in [5.41, 5.74) is 2.93. The number of benzene rings is 2. The van der Waals surface area contributed by atoms with Crippen LogP contribution in [0.3, 0.4) is 0 Å². The first kappa shape index (κ1) is 13.5. The standard InChI is InChI=1S/C17H17NO3/c1-10(2)11-3-6-13(7-4-11)18-9-12-5-8-14(19)16(20)15(12)17(18)21/h3-8,10,19-20H,9H2,1-2H3. The van der Waals surface area contributed by atoms with Gasteiger partial charge in [-0.1, -0.05) is 32.0 Å². The highest BCUT2D eigenvalue weighted by molar-refractivity contribution is 6.12. The summed E-state index contributed by atoms with van der Waals surface area (Å²) in [7, 11) is 0. The number of phenolic OH excluding ortho intramolecular Hbond substituents is 2. The first-order valence-electron chi connectivity index (χ1n) is 6.94. The van der Waals surface area contributed by atoms with E-state index < -0.39 is 0 Å². The second-order valence-electron chi connectivity index (χ2n) is 5.60. The highest BCUT2D eigenvalue weighted by Crippen LogP contribution is 2.38. The number of anilines is 1. The summed E-state index contributed by atoms with van der Waals surface area (Å²) in [5, 5.41) is 19.4. The molecule has 0 radical (unpaired) electrons. The molecule has 0 fully saturated rings. The number of amides is 1. The minimum absolute atomic E-state index is 0.197. The van der Waals surface area contributed by atoms with E-state index in [2.05, 4.69) is 13.8 Å². The SMILES string of the molecule is CC(C)c1ccc(N2Cc3ccc(O)c(O)c3C2=O)cc1. The molecule has 1 aliphatic rings. The second kappa shape index (κ2) is 4.81. The normalized spacial score (nSPS) is 13.9. The van der Waals surface area contributed by atoms with Gasteiger partial charge in [-0.15, -0.1) is 0 Å². The molecule has 0 atom stereocenters. The molecule has 2 aromatic carbocycles. The Balaban J connectivity index is 1.96. The van der Waals surface area contributed by atoms with Crippen molar-refractivity contribution in [2.45, 2.75) is 26.3 Å². The van der Waals surface area contributed by atoms with Gasteiger partial charge in [0.1, 0.15) is 0 Å². The van der Waals surface area contributed by atoms with Crippen molar-refractivity contribution in [3.8, 4) is 11.5 Å². The van der Waals surface area contributed by atoms with E-state index in [1.165, 1.54) is 11.6 Å². The van der Waals surface area contributed by atoms with Crippen molar-refractivity contribution in [2.24, 2.45) is 0 Å². The number of hydrogen-bond donors (Lipinski definition) is 2. The predicted octanol–water partition coefficient (Wildman–Crippen LogP) is 3.38. The van der Waals surface area contributed by atoms with Crippen LogP contribution in [-0.2, 0) is 6.54 Å². The lowest BCUT2D eigenvalue weighted by atomic mass is 10.0. The summed E-state index contributed by atoms with van der Waals surface area (Å²) in [4.78, 5) is 14.0. The maximum atomic E-state index is 12.4. The van der Waals surface area contributed by atoms with E-state index in [9.17, 15) is 15.0 Å². The average molecular weight is 283 g/mol. The van der Waals surface area contributed by atoms with Crippen molar-refractivity contribution < 1.29 is 15.0 Å². The fraction of sp³-hybridized carbons (Fsp3) is 0.235.